The fourth-order valence-electron chi connectivity index (χ4n) is 4.26. The van der Waals surface area contributed by atoms with Crippen LogP contribution < -0.4 is 4.74 Å². The number of nitrogens with zero attached hydrogens (tertiary/aromatic N) is 4. The highest BCUT2D eigenvalue weighted by molar-refractivity contribution is 7.90. The van der Waals surface area contributed by atoms with E-state index in [1.165, 1.54) is 35.1 Å². The zero-order valence-electron chi connectivity index (χ0n) is 21.8. The molecule has 35 heavy (non-hydrogen) atoms. The van der Waals surface area contributed by atoms with Gasteiger partial charge in [-0.15, -0.1) is 0 Å². The third-order valence-electron chi connectivity index (χ3n) is 6.03. The van der Waals surface area contributed by atoms with Crippen molar-refractivity contribution in [1.82, 2.24) is 13.8 Å². The Morgan fingerprint density at radius 3 is 2.60 bits per heavy atom. The highest BCUT2D eigenvalue weighted by Gasteiger charge is 2.24. The molecule has 5 aromatic rings. The van der Waals surface area contributed by atoms with Crippen LogP contribution in [0.2, 0.25) is 0 Å². The Morgan fingerprint density at radius 2 is 1.89 bits per heavy atom. The lowest BCUT2D eigenvalue weighted by Crippen LogP contribution is -2.13. The summed E-state index contributed by atoms with van der Waals surface area (Å²) in [5, 5.41) is 25.2. The quantitative estimate of drug-likeness (QED) is 0.390. The van der Waals surface area contributed by atoms with Gasteiger partial charge in [-0.25, -0.2) is 17.1 Å². The average molecular weight is 490 g/mol. The van der Waals surface area contributed by atoms with Crippen LogP contribution in [0, 0.1) is 25.2 Å². The fraction of sp³-hybridized carbons (Fsp3) is 0.154. The van der Waals surface area contributed by atoms with Crippen molar-refractivity contribution in [2.75, 3.05) is 7.04 Å². The summed E-state index contributed by atoms with van der Waals surface area (Å²) in [4.78, 5) is 0.105. The van der Waals surface area contributed by atoms with E-state index in [1.54, 1.807) is 37.3 Å². The minimum atomic E-state index is -3.97. The maximum absolute atomic E-state index is 13.5. The molecular weight excluding hydrogens is 464 g/mol. The number of methoxy groups -OCH3 is 1. The summed E-state index contributed by atoms with van der Waals surface area (Å²) in [5.41, 5.74) is 2.85. The van der Waals surface area contributed by atoms with E-state index in [4.69, 9.17) is 8.85 Å². The van der Waals surface area contributed by atoms with E-state index < -0.39 is 17.1 Å². The molecule has 176 valence electrons. The second-order valence-corrected chi connectivity index (χ2v) is 10.1. The van der Waals surface area contributed by atoms with Gasteiger partial charge in [0, 0.05) is 17.1 Å². The van der Waals surface area contributed by atoms with Crippen LogP contribution in [0.4, 0.5) is 0 Å². The van der Waals surface area contributed by atoms with Crippen molar-refractivity contribution < 1.29 is 22.4 Å². The number of aromatic nitrogens is 3. The average Bonchev–Trinajstić information content (AvgIpc) is 3.43. The van der Waals surface area contributed by atoms with Gasteiger partial charge in [-0.1, -0.05) is 17.7 Å². The molecule has 0 aliphatic heterocycles. The molecule has 2 aromatic heterocycles. The van der Waals surface area contributed by atoms with Crippen LogP contribution in [0.3, 0.4) is 0 Å². The molecule has 0 fully saturated rings. The first-order valence-corrected chi connectivity index (χ1v) is 12.1. The summed E-state index contributed by atoms with van der Waals surface area (Å²) in [7, 11) is -6.75. The smallest absolute Gasteiger partial charge is 0.268 e. The van der Waals surface area contributed by atoms with E-state index in [0.717, 1.165) is 9.54 Å². The lowest BCUT2D eigenvalue weighted by Gasteiger charge is -2.15. The Morgan fingerprint density at radius 1 is 1.11 bits per heavy atom. The summed E-state index contributed by atoms with van der Waals surface area (Å²) in [6.45, 7) is 3.40. The molecule has 3 aromatic carbocycles. The molecule has 0 aliphatic rings. The largest absolute Gasteiger partial charge is 0.496 e. The van der Waals surface area contributed by atoms with Gasteiger partial charge in [-0.05, 0) is 61.9 Å². The first kappa shape index (κ1) is 19.1. The number of benzene rings is 3. The Balaban J connectivity index is 1.72. The molecule has 0 bridgehead atoms. The summed E-state index contributed by atoms with van der Waals surface area (Å²) in [5.74, 6) is -0.213. The topological polar surface area (TPSA) is 110 Å². The maximum Gasteiger partial charge on any atom is 0.268 e. The van der Waals surface area contributed by atoms with Crippen molar-refractivity contribution in [2.24, 2.45) is 0 Å². The highest BCUT2D eigenvalue weighted by atomic mass is 32.2. The SMILES string of the molecule is [2H]C([2H])([2H])Oc1cc(C)c2c(ccn2S(=O)(=O)c2ccc(C)cc2)c1Cn1nc2ccc(C#N)cc2c1O. The lowest BCUT2D eigenvalue weighted by molar-refractivity contribution is 0.396. The molecule has 1 N–H and O–H groups in total. The van der Waals surface area contributed by atoms with Gasteiger partial charge in [-0.3, -0.25) is 0 Å². The van der Waals surface area contributed by atoms with Crippen LogP contribution in [0.15, 0.2) is 65.7 Å². The van der Waals surface area contributed by atoms with Gasteiger partial charge >= 0.3 is 0 Å². The number of rotatable bonds is 5. The molecule has 0 amide bonds. The second-order valence-electron chi connectivity index (χ2n) is 8.29. The minimum absolute atomic E-state index is 0.0113. The summed E-state index contributed by atoms with van der Waals surface area (Å²) < 4.78 is 57.7. The molecule has 0 radical (unpaired) electrons. The molecule has 0 atom stereocenters. The summed E-state index contributed by atoms with van der Waals surface area (Å²) in [6, 6.07) is 16.2. The van der Waals surface area contributed by atoms with Gasteiger partial charge < -0.3 is 9.84 Å². The van der Waals surface area contributed by atoms with Crippen molar-refractivity contribution in [3.05, 3.63) is 83.0 Å². The van der Waals surface area contributed by atoms with Crippen LogP contribution >= 0.6 is 0 Å². The Hall–Kier alpha value is -4.29. The first-order valence-electron chi connectivity index (χ1n) is 12.1. The van der Waals surface area contributed by atoms with E-state index in [-0.39, 0.29) is 23.1 Å². The van der Waals surface area contributed by atoms with E-state index in [2.05, 4.69) is 5.10 Å². The van der Waals surface area contributed by atoms with Crippen LogP contribution in [0.1, 0.15) is 26.4 Å². The van der Waals surface area contributed by atoms with Crippen molar-refractivity contribution in [3.63, 3.8) is 0 Å². The second kappa shape index (κ2) is 8.18. The monoisotopic (exact) mass is 489 g/mol. The molecule has 5 rings (SSSR count). The highest BCUT2D eigenvalue weighted by Crippen LogP contribution is 2.36. The maximum atomic E-state index is 13.5. The molecule has 8 nitrogen and oxygen atoms in total. The molecule has 0 unspecified atom stereocenters. The predicted molar refractivity (Wildman–Crippen MR) is 132 cm³/mol. The Kier molecular flexibility index (Phi) is 4.46. The molecule has 0 aliphatic carbocycles. The molecule has 0 saturated carbocycles. The number of hydrogen-bond donors (Lipinski definition) is 1. The van der Waals surface area contributed by atoms with E-state index in [0.29, 0.717) is 38.5 Å². The standard InChI is InChI=1S/C26H22N4O4S/c1-16-4-7-19(8-5-16)35(32,33)30-11-10-20-22(24(34-3)12-17(2)25(20)30)15-29-26(31)21-13-18(14-27)6-9-23(21)28-29/h4-13,31H,15H2,1-3H3/i3D3. The molecule has 0 saturated heterocycles. The van der Waals surface area contributed by atoms with Crippen LogP contribution in [-0.2, 0) is 16.6 Å². The number of aromatic hydroxyl groups is 1. The van der Waals surface area contributed by atoms with Gasteiger partial charge in [0.1, 0.15) is 5.75 Å². The van der Waals surface area contributed by atoms with Gasteiger partial charge in [0.05, 0.1) is 50.6 Å². The molecule has 2 heterocycles. The van der Waals surface area contributed by atoms with E-state index in [9.17, 15) is 18.8 Å². The fourth-order valence-corrected chi connectivity index (χ4v) is 5.67. The number of aryl methyl sites for hydroxylation is 2. The molecule has 9 heteroatoms. The first-order chi connectivity index (χ1) is 17.9. The Labute approximate surface area is 206 Å². The number of hydrogen-bond acceptors (Lipinski definition) is 6. The van der Waals surface area contributed by atoms with Crippen LogP contribution in [-0.4, -0.2) is 34.3 Å². The van der Waals surface area contributed by atoms with Crippen molar-refractivity contribution in [1.29, 1.82) is 5.26 Å². The third-order valence-corrected chi connectivity index (χ3v) is 7.72. The van der Waals surface area contributed by atoms with E-state index in [1.807, 2.05) is 13.0 Å². The number of nitriles is 1. The summed E-state index contributed by atoms with van der Waals surface area (Å²) >= 11 is 0. The van der Waals surface area contributed by atoms with Gasteiger partial charge in [0.15, 0.2) is 0 Å². The predicted octanol–water partition coefficient (Wildman–Crippen LogP) is 4.48. The molecule has 0 spiro atoms. The van der Waals surface area contributed by atoms with E-state index >= 15 is 0 Å². The van der Waals surface area contributed by atoms with Crippen molar-refractivity contribution in [3.8, 4) is 17.7 Å². The Bertz CT molecular complexity index is 1870. The van der Waals surface area contributed by atoms with Crippen LogP contribution in [0.25, 0.3) is 21.8 Å². The number of fused-ring (bicyclic) bond motifs is 2. The minimum Gasteiger partial charge on any atom is -0.496 e. The lowest BCUT2D eigenvalue weighted by atomic mass is 10.0. The zero-order valence-corrected chi connectivity index (χ0v) is 19.7. The van der Waals surface area contributed by atoms with Crippen molar-refractivity contribution in [2.45, 2.75) is 25.3 Å². The van der Waals surface area contributed by atoms with Crippen LogP contribution in [0.5, 0.6) is 11.6 Å². The summed E-state index contributed by atoms with van der Waals surface area (Å²) in [6.07, 6.45) is 1.41. The third kappa shape index (κ3) is 3.59. The van der Waals surface area contributed by atoms with Crippen molar-refractivity contribution >= 4 is 31.8 Å². The molecular formula is C26H22N4O4S. The van der Waals surface area contributed by atoms with Gasteiger partial charge in [-0.2, -0.15) is 10.4 Å². The number of ether oxygens (including phenoxy) is 1. The van der Waals surface area contributed by atoms with Gasteiger partial charge in [0.25, 0.3) is 10.0 Å². The zero-order chi connectivity index (χ0) is 27.4. The normalized spacial score (nSPS) is 13.3. The van der Waals surface area contributed by atoms with Gasteiger partial charge in [0.2, 0.25) is 5.88 Å².